The molecular formula is C18H24O3. The van der Waals surface area contributed by atoms with Gasteiger partial charge in [0, 0.05) is 12.5 Å². The number of carboxylic acids is 1. The predicted octanol–water partition coefficient (Wildman–Crippen LogP) is 4.71. The van der Waals surface area contributed by atoms with Crippen LogP contribution in [0.5, 0.6) is 0 Å². The van der Waals surface area contributed by atoms with E-state index in [0.717, 1.165) is 30.4 Å². The second-order valence-electron chi connectivity index (χ2n) is 5.53. The number of carboxylic acid groups (broad SMARTS) is 1. The topological polar surface area (TPSA) is 57.5 Å². The standard InChI is InChI=1S/C18H24O3/c1-13(6-4-7-14(2)12-18(20)21)10-11-16-15(3)8-5-9-17(16)19/h4,6-7,10-12,15,19H,5,8-9H2,1-3H3,(H,20,21)/b7-4+,11-10+,13-6+,14-12+/t15-/m1/s1. The molecule has 3 heteroatoms. The van der Waals surface area contributed by atoms with Crippen molar-refractivity contribution in [1.82, 2.24) is 0 Å². The highest BCUT2D eigenvalue weighted by Gasteiger charge is 2.16. The van der Waals surface area contributed by atoms with Gasteiger partial charge in [0.15, 0.2) is 0 Å². The Morgan fingerprint density at radius 1 is 1.24 bits per heavy atom. The van der Waals surface area contributed by atoms with Crippen LogP contribution in [0.3, 0.4) is 0 Å². The SMILES string of the molecule is CC(/C=C/C1=C(O)CCC[C@H]1C)=C\C=C\C(C)=C\C(=O)O. The van der Waals surface area contributed by atoms with Crippen molar-refractivity contribution in [2.45, 2.75) is 40.0 Å². The second-order valence-corrected chi connectivity index (χ2v) is 5.53. The van der Waals surface area contributed by atoms with Gasteiger partial charge in [0.2, 0.25) is 0 Å². The van der Waals surface area contributed by atoms with Crippen molar-refractivity contribution in [2.75, 3.05) is 0 Å². The number of aliphatic carboxylic acids is 1. The molecule has 0 spiro atoms. The Labute approximate surface area is 126 Å². The summed E-state index contributed by atoms with van der Waals surface area (Å²) in [5.41, 5.74) is 2.77. The van der Waals surface area contributed by atoms with Crippen LogP contribution in [0.15, 0.2) is 58.9 Å². The molecule has 0 amide bonds. The molecule has 0 fully saturated rings. The maximum Gasteiger partial charge on any atom is 0.328 e. The molecule has 1 rings (SSSR count). The van der Waals surface area contributed by atoms with Gasteiger partial charge in [-0.05, 0) is 43.8 Å². The van der Waals surface area contributed by atoms with Crippen molar-refractivity contribution in [2.24, 2.45) is 5.92 Å². The molecule has 0 aromatic heterocycles. The minimum absolute atomic E-state index is 0.402. The first-order valence-corrected chi connectivity index (χ1v) is 7.26. The summed E-state index contributed by atoms with van der Waals surface area (Å²) in [6.07, 6.45) is 13.6. The molecule has 0 radical (unpaired) electrons. The molecule has 1 aliphatic rings. The molecule has 3 nitrogen and oxygen atoms in total. The lowest BCUT2D eigenvalue weighted by Crippen LogP contribution is -2.07. The summed E-state index contributed by atoms with van der Waals surface area (Å²) in [5.74, 6) is -0.0286. The van der Waals surface area contributed by atoms with Gasteiger partial charge in [-0.15, -0.1) is 0 Å². The first-order chi connectivity index (χ1) is 9.90. The van der Waals surface area contributed by atoms with Crippen molar-refractivity contribution in [3.05, 3.63) is 58.9 Å². The van der Waals surface area contributed by atoms with E-state index in [1.54, 1.807) is 13.0 Å². The fourth-order valence-corrected chi connectivity index (χ4v) is 2.29. The number of hydrogen-bond donors (Lipinski definition) is 2. The molecule has 0 saturated carbocycles. The summed E-state index contributed by atoms with van der Waals surface area (Å²) >= 11 is 0. The van der Waals surface area contributed by atoms with Crippen LogP contribution in [-0.4, -0.2) is 16.2 Å². The fourth-order valence-electron chi connectivity index (χ4n) is 2.29. The third kappa shape index (κ3) is 6.30. The summed E-state index contributed by atoms with van der Waals surface area (Å²) in [6, 6.07) is 0. The van der Waals surface area contributed by atoms with Crippen molar-refractivity contribution in [3.63, 3.8) is 0 Å². The summed E-state index contributed by atoms with van der Waals surface area (Å²) < 4.78 is 0. The Morgan fingerprint density at radius 2 is 1.95 bits per heavy atom. The number of aliphatic hydroxyl groups excluding tert-OH is 1. The third-order valence-corrected chi connectivity index (χ3v) is 3.51. The zero-order valence-corrected chi connectivity index (χ0v) is 13.0. The molecule has 1 atom stereocenters. The number of allylic oxidation sites excluding steroid dienone is 9. The molecule has 114 valence electrons. The van der Waals surface area contributed by atoms with E-state index < -0.39 is 5.97 Å². The first-order valence-electron chi connectivity index (χ1n) is 7.26. The highest BCUT2D eigenvalue weighted by molar-refractivity contribution is 5.81. The fraction of sp³-hybridized carbons (Fsp3) is 0.389. The lowest BCUT2D eigenvalue weighted by atomic mass is 9.87. The first kappa shape index (κ1) is 17.0. The Bertz CT molecular complexity index is 531. The van der Waals surface area contributed by atoms with Crippen LogP contribution in [-0.2, 0) is 4.79 Å². The van der Waals surface area contributed by atoms with Crippen LogP contribution in [0, 0.1) is 5.92 Å². The van der Waals surface area contributed by atoms with Gasteiger partial charge >= 0.3 is 5.97 Å². The van der Waals surface area contributed by atoms with Crippen molar-refractivity contribution < 1.29 is 15.0 Å². The smallest absolute Gasteiger partial charge is 0.328 e. The van der Waals surface area contributed by atoms with Crippen LogP contribution in [0.4, 0.5) is 0 Å². The quantitative estimate of drug-likeness (QED) is 0.569. The Balaban J connectivity index is 2.70. The Hall–Kier alpha value is -2.03. The molecule has 1 aliphatic carbocycles. The van der Waals surface area contributed by atoms with Gasteiger partial charge in [0.1, 0.15) is 0 Å². The highest BCUT2D eigenvalue weighted by atomic mass is 16.4. The minimum atomic E-state index is -0.938. The van der Waals surface area contributed by atoms with E-state index in [0.29, 0.717) is 17.3 Å². The zero-order valence-electron chi connectivity index (χ0n) is 13.0. The second kappa shape index (κ2) is 8.30. The van der Waals surface area contributed by atoms with E-state index in [1.807, 2.05) is 31.2 Å². The molecule has 0 aromatic carbocycles. The van der Waals surface area contributed by atoms with E-state index in [4.69, 9.17) is 5.11 Å². The molecule has 0 heterocycles. The van der Waals surface area contributed by atoms with E-state index >= 15 is 0 Å². The van der Waals surface area contributed by atoms with E-state index in [9.17, 15) is 9.90 Å². The van der Waals surface area contributed by atoms with Crippen LogP contribution >= 0.6 is 0 Å². The molecule has 0 aromatic rings. The van der Waals surface area contributed by atoms with Crippen molar-refractivity contribution in [3.8, 4) is 0 Å². The molecule has 0 bridgehead atoms. The maximum absolute atomic E-state index is 10.5. The lowest BCUT2D eigenvalue weighted by Gasteiger charge is -2.20. The van der Waals surface area contributed by atoms with Gasteiger partial charge in [0.25, 0.3) is 0 Å². The van der Waals surface area contributed by atoms with Gasteiger partial charge in [-0.3, -0.25) is 0 Å². The van der Waals surface area contributed by atoms with E-state index in [-0.39, 0.29) is 0 Å². The monoisotopic (exact) mass is 288 g/mol. The lowest BCUT2D eigenvalue weighted by molar-refractivity contribution is -0.131. The van der Waals surface area contributed by atoms with Gasteiger partial charge in [-0.1, -0.05) is 42.9 Å². The molecule has 0 saturated heterocycles. The van der Waals surface area contributed by atoms with Crippen molar-refractivity contribution >= 4 is 5.97 Å². The maximum atomic E-state index is 10.5. The average molecular weight is 288 g/mol. The van der Waals surface area contributed by atoms with Crippen LogP contribution in [0.1, 0.15) is 40.0 Å². The molecule has 21 heavy (non-hydrogen) atoms. The van der Waals surface area contributed by atoms with E-state index in [2.05, 4.69) is 6.92 Å². The van der Waals surface area contributed by atoms with Crippen LogP contribution < -0.4 is 0 Å². The molecule has 2 N–H and O–H groups in total. The highest BCUT2D eigenvalue weighted by Crippen LogP contribution is 2.29. The minimum Gasteiger partial charge on any atom is -0.512 e. The summed E-state index contributed by atoms with van der Waals surface area (Å²) in [7, 11) is 0. The number of carbonyl (C=O) groups is 1. The van der Waals surface area contributed by atoms with Gasteiger partial charge in [-0.25, -0.2) is 4.79 Å². The molecule has 0 unspecified atom stereocenters. The van der Waals surface area contributed by atoms with E-state index in [1.165, 1.54) is 6.08 Å². The van der Waals surface area contributed by atoms with Crippen molar-refractivity contribution in [1.29, 1.82) is 0 Å². The zero-order chi connectivity index (χ0) is 15.8. The van der Waals surface area contributed by atoms with Gasteiger partial charge in [-0.2, -0.15) is 0 Å². The van der Waals surface area contributed by atoms with Gasteiger partial charge in [0.05, 0.1) is 5.76 Å². The van der Waals surface area contributed by atoms with Crippen LogP contribution in [0.2, 0.25) is 0 Å². The molecule has 0 aliphatic heterocycles. The van der Waals surface area contributed by atoms with Gasteiger partial charge < -0.3 is 10.2 Å². The third-order valence-electron chi connectivity index (χ3n) is 3.51. The largest absolute Gasteiger partial charge is 0.512 e. The predicted molar refractivity (Wildman–Crippen MR) is 86.1 cm³/mol. The summed E-state index contributed by atoms with van der Waals surface area (Å²) in [4.78, 5) is 10.5. The number of rotatable bonds is 5. The Morgan fingerprint density at radius 3 is 2.57 bits per heavy atom. The Kier molecular flexibility index (Phi) is 6.73. The summed E-state index contributed by atoms with van der Waals surface area (Å²) in [6.45, 7) is 5.85. The number of hydrogen-bond acceptors (Lipinski definition) is 2. The summed E-state index contributed by atoms with van der Waals surface area (Å²) in [5, 5.41) is 18.5. The normalized spacial score (nSPS) is 21.6. The average Bonchev–Trinajstić information content (AvgIpc) is 2.37. The number of aliphatic hydroxyl groups is 1. The molecular weight excluding hydrogens is 264 g/mol. The van der Waals surface area contributed by atoms with Crippen LogP contribution in [0.25, 0.3) is 0 Å².